The fourth-order valence-corrected chi connectivity index (χ4v) is 2.01. The molecule has 2 N–H and O–H groups in total. The summed E-state index contributed by atoms with van der Waals surface area (Å²) >= 11 is 0. The third-order valence-electron chi connectivity index (χ3n) is 3.27. The lowest BCUT2D eigenvalue weighted by molar-refractivity contribution is -0.137. The highest BCUT2D eigenvalue weighted by Gasteiger charge is 2.31. The lowest BCUT2D eigenvalue weighted by atomic mass is 10.3. The zero-order valence-corrected chi connectivity index (χ0v) is 12.3. The number of halogens is 3. The first-order valence-electron chi connectivity index (χ1n) is 6.82. The van der Waals surface area contributed by atoms with Crippen LogP contribution >= 0.6 is 0 Å². The number of pyridine rings is 1. The van der Waals surface area contributed by atoms with Crippen LogP contribution in [0.25, 0.3) is 5.65 Å². The van der Waals surface area contributed by atoms with Crippen LogP contribution in [0.2, 0.25) is 0 Å². The van der Waals surface area contributed by atoms with Gasteiger partial charge in [-0.05, 0) is 26.0 Å². The zero-order valence-electron chi connectivity index (χ0n) is 12.3. The maximum atomic E-state index is 12.8. The number of nitrogens with two attached hydrogens (primary N) is 1. The molecule has 0 spiro atoms. The standard InChI is InChI=1S/C13H17F3N6/c1-3-21(4-2)12(17)18-7-11-20-19-10-6-5-9(8-22(10)11)13(14,15)16/h5-6,8H,3-4,7H2,1-2H3,(H2,17,18). The Morgan fingerprint density at radius 1 is 1.27 bits per heavy atom. The van der Waals surface area contributed by atoms with Crippen molar-refractivity contribution < 1.29 is 13.2 Å². The summed E-state index contributed by atoms with van der Waals surface area (Å²) in [6, 6.07) is 2.25. The summed E-state index contributed by atoms with van der Waals surface area (Å²) in [7, 11) is 0. The average molecular weight is 314 g/mol. The largest absolute Gasteiger partial charge is 0.417 e. The molecule has 2 rings (SSSR count). The minimum Gasteiger partial charge on any atom is -0.370 e. The second-order valence-electron chi connectivity index (χ2n) is 4.61. The van der Waals surface area contributed by atoms with Gasteiger partial charge < -0.3 is 10.6 Å². The first-order chi connectivity index (χ1) is 10.4. The Labute approximate surface area is 125 Å². The third-order valence-corrected chi connectivity index (χ3v) is 3.27. The van der Waals surface area contributed by atoms with E-state index in [4.69, 9.17) is 5.73 Å². The van der Waals surface area contributed by atoms with Crippen LogP contribution in [0, 0.1) is 0 Å². The van der Waals surface area contributed by atoms with Gasteiger partial charge in [-0.15, -0.1) is 10.2 Å². The maximum absolute atomic E-state index is 12.8. The number of hydrogen-bond acceptors (Lipinski definition) is 3. The summed E-state index contributed by atoms with van der Waals surface area (Å²) in [6.45, 7) is 5.34. The van der Waals surface area contributed by atoms with E-state index in [-0.39, 0.29) is 6.54 Å². The van der Waals surface area contributed by atoms with Crippen LogP contribution in [0.5, 0.6) is 0 Å². The van der Waals surface area contributed by atoms with Crippen molar-refractivity contribution >= 4 is 11.6 Å². The van der Waals surface area contributed by atoms with Crippen LogP contribution in [0.3, 0.4) is 0 Å². The first-order valence-corrected chi connectivity index (χ1v) is 6.82. The molecule has 120 valence electrons. The van der Waals surface area contributed by atoms with Gasteiger partial charge in [-0.25, -0.2) is 4.99 Å². The van der Waals surface area contributed by atoms with Crippen molar-refractivity contribution in [3.05, 3.63) is 29.7 Å². The minimum atomic E-state index is -4.42. The van der Waals surface area contributed by atoms with E-state index in [0.717, 1.165) is 12.3 Å². The lowest BCUT2D eigenvalue weighted by Crippen LogP contribution is -2.37. The molecule has 0 aliphatic heterocycles. The van der Waals surface area contributed by atoms with Crippen LogP contribution in [-0.4, -0.2) is 38.5 Å². The smallest absolute Gasteiger partial charge is 0.370 e. The van der Waals surface area contributed by atoms with Gasteiger partial charge in [-0.3, -0.25) is 4.40 Å². The molecular weight excluding hydrogens is 297 g/mol. The number of rotatable bonds is 4. The number of guanidine groups is 1. The average Bonchev–Trinajstić information content (AvgIpc) is 2.87. The fourth-order valence-electron chi connectivity index (χ4n) is 2.01. The number of nitrogens with zero attached hydrogens (tertiary/aromatic N) is 5. The quantitative estimate of drug-likeness (QED) is 0.691. The Hall–Kier alpha value is -2.32. The number of aromatic nitrogens is 3. The van der Waals surface area contributed by atoms with Gasteiger partial charge in [0.2, 0.25) is 0 Å². The van der Waals surface area contributed by atoms with Crippen LogP contribution in [0.4, 0.5) is 13.2 Å². The van der Waals surface area contributed by atoms with E-state index >= 15 is 0 Å². The molecule has 0 unspecified atom stereocenters. The lowest BCUT2D eigenvalue weighted by Gasteiger charge is -2.19. The Morgan fingerprint density at radius 2 is 1.95 bits per heavy atom. The van der Waals surface area contributed by atoms with Crippen LogP contribution in [0.1, 0.15) is 25.2 Å². The molecule has 2 heterocycles. The molecule has 0 radical (unpaired) electrons. The topological polar surface area (TPSA) is 71.8 Å². The highest BCUT2D eigenvalue weighted by atomic mass is 19.4. The molecule has 0 bridgehead atoms. The molecule has 22 heavy (non-hydrogen) atoms. The summed E-state index contributed by atoms with van der Waals surface area (Å²) in [5, 5.41) is 7.69. The van der Waals surface area contributed by atoms with Crippen LogP contribution in [-0.2, 0) is 12.7 Å². The van der Waals surface area contributed by atoms with E-state index in [1.165, 1.54) is 10.5 Å². The third kappa shape index (κ3) is 3.29. The van der Waals surface area contributed by atoms with Crippen molar-refractivity contribution in [2.75, 3.05) is 13.1 Å². The molecule has 0 atom stereocenters. The van der Waals surface area contributed by atoms with Crippen molar-refractivity contribution in [2.24, 2.45) is 10.7 Å². The summed E-state index contributed by atoms with van der Waals surface area (Å²) in [6.07, 6.45) is -3.45. The van der Waals surface area contributed by atoms with Crippen molar-refractivity contribution in [3.8, 4) is 0 Å². The van der Waals surface area contributed by atoms with Crippen molar-refractivity contribution in [1.29, 1.82) is 0 Å². The second kappa shape index (κ2) is 6.20. The Bertz CT molecular complexity index is 672. The Morgan fingerprint density at radius 3 is 2.55 bits per heavy atom. The summed E-state index contributed by atoms with van der Waals surface area (Å²) in [5.74, 6) is 0.630. The molecule has 0 saturated heterocycles. The van der Waals surface area contributed by atoms with E-state index < -0.39 is 11.7 Å². The van der Waals surface area contributed by atoms with Crippen molar-refractivity contribution in [3.63, 3.8) is 0 Å². The number of hydrogen-bond donors (Lipinski definition) is 1. The van der Waals surface area contributed by atoms with Crippen LogP contribution in [0.15, 0.2) is 23.3 Å². The Balaban J connectivity index is 2.30. The van der Waals surface area contributed by atoms with E-state index in [1.807, 2.05) is 18.7 Å². The van der Waals surface area contributed by atoms with E-state index in [2.05, 4.69) is 15.2 Å². The predicted molar refractivity (Wildman–Crippen MR) is 76.2 cm³/mol. The highest BCUT2D eigenvalue weighted by molar-refractivity contribution is 5.77. The van der Waals surface area contributed by atoms with Crippen LogP contribution < -0.4 is 5.73 Å². The minimum absolute atomic E-state index is 0.0603. The van der Waals surface area contributed by atoms with E-state index in [1.54, 1.807) is 0 Å². The molecule has 0 amide bonds. The normalized spacial score (nSPS) is 12.9. The summed E-state index contributed by atoms with van der Waals surface area (Å²) in [4.78, 5) is 6.00. The number of aliphatic imine (C=N–C) groups is 1. The van der Waals surface area contributed by atoms with Gasteiger partial charge in [0.1, 0.15) is 6.54 Å². The van der Waals surface area contributed by atoms with Gasteiger partial charge >= 0.3 is 6.18 Å². The van der Waals surface area contributed by atoms with Crippen molar-refractivity contribution in [1.82, 2.24) is 19.5 Å². The fraction of sp³-hybridized carbons (Fsp3) is 0.462. The predicted octanol–water partition coefficient (Wildman–Crippen LogP) is 1.90. The highest BCUT2D eigenvalue weighted by Crippen LogP contribution is 2.29. The number of alkyl halides is 3. The molecule has 0 aliphatic rings. The van der Waals surface area contributed by atoms with Gasteiger partial charge in [-0.2, -0.15) is 13.2 Å². The maximum Gasteiger partial charge on any atom is 0.417 e. The summed E-state index contributed by atoms with van der Waals surface area (Å²) in [5.41, 5.74) is 5.41. The Kier molecular flexibility index (Phi) is 4.53. The van der Waals surface area contributed by atoms with Gasteiger partial charge in [0.15, 0.2) is 17.4 Å². The zero-order chi connectivity index (χ0) is 16.3. The molecule has 2 aromatic heterocycles. The molecule has 0 saturated carbocycles. The molecule has 0 fully saturated rings. The monoisotopic (exact) mass is 314 g/mol. The van der Waals surface area contributed by atoms with Gasteiger partial charge in [0, 0.05) is 19.3 Å². The first kappa shape index (κ1) is 16.1. The van der Waals surface area contributed by atoms with E-state index in [9.17, 15) is 13.2 Å². The van der Waals surface area contributed by atoms with Crippen molar-refractivity contribution in [2.45, 2.75) is 26.6 Å². The summed E-state index contributed by atoms with van der Waals surface area (Å²) < 4.78 is 39.6. The number of fused-ring (bicyclic) bond motifs is 1. The van der Waals surface area contributed by atoms with Gasteiger partial charge in [0.05, 0.1) is 5.56 Å². The SMILES string of the molecule is CCN(CC)C(N)=NCc1nnc2ccc(C(F)(F)F)cn12. The van der Waals surface area contributed by atoms with Gasteiger partial charge in [0.25, 0.3) is 0 Å². The van der Waals surface area contributed by atoms with E-state index in [0.29, 0.717) is 30.5 Å². The second-order valence-corrected chi connectivity index (χ2v) is 4.61. The molecule has 6 nitrogen and oxygen atoms in total. The molecule has 0 aromatic carbocycles. The molecule has 0 aliphatic carbocycles. The molecular formula is C13H17F3N6. The molecule has 2 aromatic rings. The van der Waals surface area contributed by atoms with Gasteiger partial charge in [-0.1, -0.05) is 0 Å². The molecule has 9 heteroatoms.